The predicted molar refractivity (Wildman–Crippen MR) is 66.1 cm³/mol. The summed E-state index contributed by atoms with van der Waals surface area (Å²) >= 11 is 5.71. The van der Waals surface area contributed by atoms with E-state index in [-0.39, 0.29) is 17.9 Å². The highest BCUT2D eigenvalue weighted by atomic mass is 35.5. The quantitative estimate of drug-likeness (QED) is 0.826. The minimum atomic E-state index is -3.52. The monoisotopic (exact) mass is 272 g/mol. The van der Waals surface area contributed by atoms with Crippen LogP contribution in [0.5, 0.6) is 0 Å². The van der Waals surface area contributed by atoms with Crippen LogP contribution in [0.3, 0.4) is 0 Å². The van der Waals surface area contributed by atoms with Gasteiger partial charge in [0.25, 0.3) is 0 Å². The maximum Gasteiger partial charge on any atom is 0.243 e. The van der Waals surface area contributed by atoms with Crippen molar-refractivity contribution in [2.75, 3.05) is 13.1 Å². The van der Waals surface area contributed by atoms with E-state index in [1.54, 1.807) is 6.92 Å². The number of rotatable bonds is 5. The molecule has 1 aromatic rings. The molecule has 0 aliphatic heterocycles. The molecule has 0 saturated heterocycles. The lowest BCUT2D eigenvalue weighted by molar-refractivity contribution is 0.435. The Morgan fingerprint density at radius 3 is 2.41 bits per heavy atom. The van der Waals surface area contributed by atoms with Crippen molar-refractivity contribution in [2.45, 2.75) is 18.2 Å². The average molecular weight is 273 g/mol. The molecule has 1 aromatic carbocycles. The van der Waals surface area contributed by atoms with E-state index in [1.807, 2.05) is 6.07 Å². The van der Waals surface area contributed by atoms with Crippen LogP contribution in [0.25, 0.3) is 0 Å². The number of hydrogen-bond acceptors (Lipinski definition) is 3. The van der Waals surface area contributed by atoms with Gasteiger partial charge in [-0.1, -0.05) is 18.5 Å². The summed E-state index contributed by atoms with van der Waals surface area (Å²) in [6.07, 6.45) is 0.181. The highest BCUT2D eigenvalue weighted by molar-refractivity contribution is 7.89. The number of halogens is 1. The molecular weight excluding hydrogens is 260 g/mol. The van der Waals surface area contributed by atoms with Gasteiger partial charge in [0.05, 0.1) is 11.0 Å². The number of sulfonamides is 1. The lowest BCUT2D eigenvalue weighted by Crippen LogP contribution is -2.31. The molecule has 0 aliphatic rings. The molecule has 0 heterocycles. The highest BCUT2D eigenvalue weighted by Crippen LogP contribution is 2.18. The predicted octanol–water partition coefficient (Wildman–Crippen LogP) is 2.26. The number of benzene rings is 1. The molecule has 0 saturated carbocycles. The van der Waals surface area contributed by atoms with Gasteiger partial charge in [-0.15, -0.1) is 0 Å². The molecule has 0 aromatic heterocycles. The van der Waals surface area contributed by atoms with Crippen molar-refractivity contribution in [2.24, 2.45) is 0 Å². The molecular formula is C11H13ClN2O2S. The van der Waals surface area contributed by atoms with E-state index in [2.05, 4.69) is 0 Å². The van der Waals surface area contributed by atoms with Crippen LogP contribution in [0.1, 0.15) is 13.3 Å². The Hall–Kier alpha value is -1.09. The molecule has 0 bridgehead atoms. The van der Waals surface area contributed by atoms with Crippen LogP contribution < -0.4 is 0 Å². The van der Waals surface area contributed by atoms with Crippen molar-refractivity contribution in [3.63, 3.8) is 0 Å². The number of nitriles is 1. The summed E-state index contributed by atoms with van der Waals surface area (Å²) in [6, 6.07) is 7.94. The van der Waals surface area contributed by atoms with Gasteiger partial charge >= 0.3 is 0 Å². The third-order valence-electron chi connectivity index (χ3n) is 2.28. The Morgan fingerprint density at radius 1 is 1.35 bits per heavy atom. The van der Waals surface area contributed by atoms with E-state index in [0.717, 1.165) is 0 Å². The summed E-state index contributed by atoms with van der Waals surface area (Å²) in [4.78, 5) is 0.196. The van der Waals surface area contributed by atoms with Gasteiger partial charge in [0.1, 0.15) is 0 Å². The second-order valence-corrected chi connectivity index (χ2v) is 5.73. The Morgan fingerprint density at radius 2 is 1.94 bits per heavy atom. The molecule has 0 spiro atoms. The van der Waals surface area contributed by atoms with Crippen molar-refractivity contribution < 1.29 is 8.42 Å². The van der Waals surface area contributed by atoms with Crippen LogP contribution in [-0.2, 0) is 10.0 Å². The first-order valence-corrected chi connectivity index (χ1v) is 6.97. The minimum absolute atomic E-state index is 0.181. The zero-order chi connectivity index (χ0) is 12.9. The number of hydrogen-bond donors (Lipinski definition) is 0. The van der Waals surface area contributed by atoms with Crippen molar-refractivity contribution in [3.05, 3.63) is 29.3 Å². The first-order chi connectivity index (χ1) is 8.02. The van der Waals surface area contributed by atoms with Crippen LogP contribution in [0.4, 0.5) is 0 Å². The average Bonchev–Trinajstić information content (AvgIpc) is 2.30. The summed E-state index contributed by atoms with van der Waals surface area (Å²) in [5.41, 5.74) is 0. The fourth-order valence-electron chi connectivity index (χ4n) is 1.38. The van der Waals surface area contributed by atoms with E-state index >= 15 is 0 Å². The molecule has 0 N–H and O–H groups in total. The van der Waals surface area contributed by atoms with E-state index in [1.165, 1.54) is 28.6 Å². The Kier molecular flexibility index (Phi) is 4.94. The van der Waals surface area contributed by atoms with Gasteiger partial charge in [0.15, 0.2) is 0 Å². The van der Waals surface area contributed by atoms with Gasteiger partial charge < -0.3 is 0 Å². The number of nitrogens with zero attached hydrogens (tertiary/aromatic N) is 2. The normalized spacial score (nSPS) is 11.4. The summed E-state index contributed by atoms with van der Waals surface area (Å²) in [6.45, 7) is 2.29. The molecule has 0 fully saturated rings. The third kappa shape index (κ3) is 3.43. The molecule has 0 unspecified atom stereocenters. The van der Waals surface area contributed by atoms with E-state index in [9.17, 15) is 8.42 Å². The fourth-order valence-corrected chi connectivity index (χ4v) is 2.95. The van der Waals surface area contributed by atoms with Crippen LogP contribution in [-0.4, -0.2) is 25.8 Å². The Labute approximate surface area is 106 Å². The van der Waals surface area contributed by atoms with Crippen molar-refractivity contribution in [1.29, 1.82) is 5.26 Å². The van der Waals surface area contributed by atoms with Gasteiger partial charge in [-0.25, -0.2) is 8.42 Å². The second-order valence-electron chi connectivity index (χ2n) is 3.36. The van der Waals surface area contributed by atoms with Gasteiger partial charge in [0, 0.05) is 24.5 Å². The summed E-state index contributed by atoms with van der Waals surface area (Å²) in [5.74, 6) is 0. The summed E-state index contributed by atoms with van der Waals surface area (Å²) in [5, 5.41) is 8.98. The summed E-state index contributed by atoms with van der Waals surface area (Å²) < 4.78 is 25.6. The highest BCUT2D eigenvalue weighted by Gasteiger charge is 2.22. The van der Waals surface area contributed by atoms with Crippen molar-refractivity contribution in [3.8, 4) is 6.07 Å². The largest absolute Gasteiger partial charge is 0.243 e. The van der Waals surface area contributed by atoms with E-state index in [0.29, 0.717) is 11.6 Å². The zero-order valence-corrected chi connectivity index (χ0v) is 11.0. The van der Waals surface area contributed by atoms with Crippen molar-refractivity contribution >= 4 is 21.6 Å². The maximum absolute atomic E-state index is 12.2. The smallest absolute Gasteiger partial charge is 0.207 e. The first kappa shape index (κ1) is 14.0. The van der Waals surface area contributed by atoms with E-state index < -0.39 is 10.0 Å². The molecule has 1 rings (SSSR count). The maximum atomic E-state index is 12.2. The van der Waals surface area contributed by atoms with Gasteiger partial charge in [-0.2, -0.15) is 9.57 Å². The standard InChI is InChI=1S/C11H13ClN2O2S/c1-2-14(9-3-8-13)17(15,16)11-6-4-10(12)5-7-11/h4-7H,2-3,9H2,1H3. The second kappa shape index (κ2) is 6.01. The minimum Gasteiger partial charge on any atom is -0.207 e. The molecule has 0 amide bonds. The Bertz CT molecular complexity index is 505. The van der Waals surface area contributed by atoms with Crippen LogP contribution in [0.2, 0.25) is 5.02 Å². The molecule has 4 nitrogen and oxygen atoms in total. The lowest BCUT2D eigenvalue weighted by atomic mass is 10.4. The third-order valence-corrected chi connectivity index (χ3v) is 4.52. The lowest BCUT2D eigenvalue weighted by Gasteiger charge is -2.19. The molecule has 6 heteroatoms. The molecule has 0 radical (unpaired) electrons. The molecule has 17 heavy (non-hydrogen) atoms. The van der Waals surface area contributed by atoms with Gasteiger partial charge in [0.2, 0.25) is 10.0 Å². The Balaban J connectivity index is 3.00. The molecule has 0 atom stereocenters. The summed E-state index contributed by atoms with van der Waals surface area (Å²) in [7, 11) is -3.52. The van der Waals surface area contributed by atoms with Crippen LogP contribution in [0.15, 0.2) is 29.2 Å². The van der Waals surface area contributed by atoms with Crippen molar-refractivity contribution in [1.82, 2.24) is 4.31 Å². The molecule has 0 aliphatic carbocycles. The van der Waals surface area contributed by atoms with Crippen LogP contribution in [0, 0.1) is 11.3 Å². The SMILES string of the molecule is CCN(CCC#N)S(=O)(=O)c1ccc(Cl)cc1. The van der Waals surface area contributed by atoms with Crippen LogP contribution >= 0.6 is 11.6 Å². The van der Waals surface area contributed by atoms with Gasteiger partial charge in [-0.3, -0.25) is 0 Å². The molecule has 92 valence electrons. The van der Waals surface area contributed by atoms with E-state index in [4.69, 9.17) is 16.9 Å². The zero-order valence-electron chi connectivity index (χ0n) is 9.43. The topological polar surface area (TPSA) is 61.2 Å². The first-order valence-electron chi connectivity index (χ1n) is 5.15. The fraction of sp³-hybridized carbons (Fsp3) is 0.364. The van der Waals surface area contributed by atoms with Gasteiger partial charge in [-0.05, 0) is 24.3 Å².